The van der Waals surface area contributed by atoms with Gasteiger partial charge in [0.2, 0.25) is 10.0 Å². The van der Waals surface area contributed by atoms with Gasteiger partial charge in [-0.2, -0.15) is 0 Å². The minimum absolute atomic E-state index is 0.136. The first-order valence-electron chi connectivity index (χ1n) is 7.92. The van der Waals surface area contributed by atoms with Gasteiger partial charge in [-0.3, -0.25) is 0 Å². The first kappa shape index (κ1) is 18.4. The maximum Gasteiger partial charge on any atom is 0.240 e. The molecule has 5 nitrogen and oxygen atoms in total. The van der Waals surface area contributed by atoms with E-state index in [0.717, 1.165) is 23.3 Å². The Hall–Kier alpha value is -1.89. The van der Waals surface area contributed by atoms with Crippen LogP contribution >= 0.6 is 0 Å². The van der Waals surface area contributed by atoms with E-state index in [4.69, 9.17) is 9.84 Å². The fraction of sp³-hybridized carbons (Fsp3) is 0.333. The number of sulfonamides is 1. The molecule has 2 aromatic rings. The van der Waals surface area contributed by atoms with Gasteiger partial charge in [-0.1, -0.05) is 30.3 Å². The van der Waals surface area contributed by atoms with Crippen LogP contribution in [0.3, 0.4) is 0 Å². The van der Waals surface area contributed by atoms with E-state index >= 15 is 0 Å². The Morgan fingerprint density at radius 1 is 1.00 bits per heavy atom. The molecule has 0 saturated carbocycles. The van der Waals surface area contributed by atoms with Crippen molar-refractivity contribution >= 4 is 10.0 Å². The third-order valence-electron chi connectivity index (χ3n) is 3.71. The lowest BCUT2D eigenvalue weighted by Gasteiger charge is -2.10. The van der Waals surface area contributed by atoms with Crippen LogP contribution in [0.15, 0.2) is 53.4 Å². The molecule has 0 saturated heterocycles. The van der Waals surface area contributed by atoms with Crippen molar-refractivity contribution in [3.05, 3.63) is 48.5 Å². The summed E-state index contributed by atoms with van der Waals surface area (Å²) in [6.07, 6.45) is 2.19. The molecule has 0 aliphatic carbocycles. The number of hydrogen-bond acceptors (Lipinski definition) is 4. The molecule has 0 amide bonds. The number of aliphatic hydroxyl groups excluding tert-OH is 1. The average Bonchev–Trinajstić information content (AvgIpc) is 2.61. The Morgan fingerprint density at radius 3 is 2.38 bits per heavy atom. The van der Waals surface area contributed by atoms with E-state index in [1.807, 2.05) is 24.3 Å². The van der Waals surface area contributed by atoms with Crippen LogP contribution in [-0.2, 0) is 10.0 Å². The molecule has 24 heavy (non-hydrogen) atoms. The number of rotatable bonds is 9. The van der Waals surface area contributed by atoms with E-state index in [9.17, 15) is 8.42 Å². The first-order valence-corrected chi connectivity index (χ1v) is 9.41. The van der Waals surface area contributed by atoms with Gasteiger partial charge in [0.25, 0.3) is 0 Å². The molecule has 0 fully saturated rings. The van der Waals surface area contributed by atoms with Crippen molar-refractivity contribution in [2.24, 2.45) is 0 Å². The van der Waals surface area contributed by atoms with Crippen LogP contribution in [0.2, 0.25) is 0 Å². The normalized spacial score (nSPS) is 11.4. The molecule has 130 valence electrons. The topological polar surface area (TPSA) is 75.6 Å². The number of ether oxygens (including phenoxy) is 1. The third-order valence-corrected chi connectivity index (χ3v) is 5.19. The molecule has 6 heteroatoms. The smallest absolute Gasteiger partial charge is 0.240 e. The summed E-state index contributed by atoms with van der Waals surface area (Å²) in [5.74, 6) is 0.745. The summed E-state index contributed by atoms with van der Waals surface area (Å²) < 4.78 is 32.4. The molecular weight excluding hydrogens is 326 g/mol. The summed E-state index contributed by atoms with van der Waals surface area (Å²) >= 11 is 0. The lowest BCUT2D eigenvalue weighted by atomic mass is 10.1. The van der Waals surface area contributed by atoms with E-state index in [1.54, 1.807) is 31.4 Å². The summed E-state index contributed by atoms with van der Waals surface area (Å²) in [5.41, 5.74) is 1.82. The number of para-hydroxylation sites is 1. The maximum absolute atomic E-state index is 12.3. The predicted molar refractivity (Wildman–Crippen MR) is 94.6 cm³/mol. The van der Waals surface area contributed by atoms with Crippen molar-refractivity contribution in [2.45, 2.75) is 24.2 Å². The molecule has 0 unspecified atom stereocenters. The van der Waals surface area contributed by atoms with Crippen LogP contribution in [0.5, 0.6) is 5.75 Å². The summed E-state index contributed by atoms with van der Waals surface area (Å²) in [4.78, 5) is 0.239. The van der Waals surface area contributed by atoms with Gasteiger partial charge in [-0.05, 0) is 43.0 Å². The van der Waals surface area contributed by atoms with Crippen molar-refractivity contribution in [3.63, 3.8) is 0 Å². The Balaban J connectivity index is 2.08. The van der Waals surface area contributed by atoms with Gasteiger partial charge < -0.3 is 9.84 Å². The van der Waals surface area contributed by atoms with Crippen LogP contribution in [0.1, 0.15) is 19.3 Å². The summed E-state index contributed by atoms with van der Waals surface area (Å²) in [7, 11) is -1.90. The fourth-order valence-electron chi connectivity index (χ4n) is 2.40. The predicted octanol–water partition coefficient (Wildman–Crippen LogP) is 2.80. The van der Waals surface area contributed by atoms with Crippen molar-refractivity contribution in [1.82, 2.24) is 4.72 Å². The Kier molecular flexibility index (Phi) is 6.78. The largest absolute Gasteiger partial charge is 0.496 e. The number of benzene rings is 2. The molecule has 0 aromatic heterocycles. The number of unbranched alkanes of at least 4 members (excludes halogenated alkanes) is 2. The molecule has 2 N–H and O–H groups in total. The van der Waals surface area contributed by atoms with Crippen LogP contribution in [-0.4, -0.2) is 33.8 Å². The van der Waals surface area contributed by atoms with Gasteiger partial charge >= 0.3 is 0 Å². The lowest BCUT2D eigenvalue weighted by Crippen LogP contribution is -2.24. The highest BCUT2D eigenvalue weighted by Crippen LogP contribution is 2.30. The maximum atomic E-state index is 12.3. The zero-order chi connectivity index (χ0) is 17.4. The Bertz CT molecular complexity index is 742. The van der Waals surface area contributed by atoms with Gasteiger partial charge in [0, 0.05) is 18.7 Å². The second kappa shape index (κ2) is 8.82. The molecule has 2 rings (SSSR count). The van der Waals surface area contributed by atoms with Gasteiger partial charge in [0.05, 0.1) is 12.0 Å². The molecule has 0 bridgehead atoms. The van der Waals surface area contributed by atoms with Crippen molar-refractivity contribution in [2.75, 3.05) is 20.3 Å². The molecular formula is C18H23NO4S. The summed E-state index contributed by atoms with van der Waals surface area (Å²) in [5, 5.41) is 8.71. The SMILES string of the molecule is COc1ccccc1-c1ccc(S(=O)(=O)NCCCCCO)cc1. The van der Waals surface area contributed by atoms with Gasteiger partial charge in [-0.25, -0.2) is 13.1 Å². The molecule has 0 atom stereocenters. The Morgan fingerprint density at radius 2 is 1.71 bits per heavy atom. The summed E-state index contributed by atoms with van der Waals surface area (Å²) in [6.45, 7) is 0.508. The van der Waals surface area contributed by atoms with E-state index in [1.165, 1.54) is 0 Å². The minimum Gasteiger partial charge on any atom is -0.496 e. The van der Waals surface area contributed by atoms with Crippen LogP contribution in [0.4, 0.5) is 0 Å². The quantitative estimate of drug-likeness (QED) is 0.683. The molecule has 0 spiro atoms. The fourth-order valence-corrected chi connectivity index (χ4v) is 3.47. The highest BCUT2D eigenvalue weighted by atomic mass is 32.2. The van der Waals surface area contributed by atoms with Crippen LogP contribution in [0, 0.1) is 0 Å². The number of nitrogens with one attached hydrogen (secondary N) is 1. The first-order chi connectivity index (χ1) is 11.6. The molecule has 2 aromatic carbocycles. The molecule has 0 radical (unpaired) electrons. The van der Waals surface area contributed by atoms with E-state index < -0.39 is 10.0 Å². The van der Waals surface area contributed by atoms with Crippen LogP contribution < -0.4 is 9.46 Å². The van der Waals surface area contributed by atoms with Gasteiger partial charge in [0.1, 0.15) is 5.75 Å². The average molecular weight is 349 g/mol. The molecule has 0 heterocycles. The van der Waals surface area contributed by atoms with E-state index in [-0.39, 0.29) is 11.5 Å². The summed E-state index contributed by atoms with van der Waals surface area (Å²) in [6, 6.07) is 14.3. The third kappa shape index (κ3) is 4.80. The highest BCUT2D eigenvalue weighted by Gasteiger charge is 2.13. The zero-order valence-electron chi connectivity index (χ0n) is 13.7. The van der Waals surface area contributed by atoms with E-state index in [0.29, 0.717) is 19.4 Å². The van der Waals surface area contributed by atoms with E-state index in [2.05, 4.69) is 4.72 Å². The van der Waals surface area contributed by atoms with Crippen molar-refractivity contribution in [1.29, 1.82) is 0 Å². The number of aliphatic hydroxyl groups is 1. The van der Waals surface area contributed by atoms with Gasteiger partial charge in [0.15, 0.2) is 0 Å². The minimum atomic E-state index is -3.51. The highest BCUT2D eigenvalue weighted by molar-refractivity contribution is 7.89. The lowest BCUT2D eigenvalue weighted by molar-refractivity contribution is 0.283. The van der Waals surface area contributed by atoms with Crippen molar-refractivity contribution in [3.8, 4) is 16.9 Å². The Labute approximate surface area is 143 Å². The standard InChI is InChI=1S/C18H23NO4S/c1-23-18-8-4-3-7-17(18)15-9-11-16(12-10-15)24(21,22)19-13-5-2-6-14-20/h3-4,7-12,19-20H,2,5-6,13-14H2,1H3. The number of hydrogen-bond donors (Lipinski definition) is 2. The van der Waals surface area contributed by atoms with Crippen molar-refractivity contribution < 1.29 is 18.3 Å². The number of methoxy groups -OCH3 is 1. The molecule has 0 aliphatic heterocycles. The molecule has 0 aliphatic rings. The second-order valence-corrected chi connectivity index (χ2v) is 7.17. The van der Waals surface area contributed by atoms with Crippen LogP contribution in [0.25, 0.3) is 11.1 Å². The monoisotopic (exact) mass is 349 g/mol. The zero-order valence-corrected chi connectivity index (χ0v) is 14.6. The van der Waals surface area contributed by atoms with Gasteiger partial charge in [-0.15, -0.1) is 0 Å². The second-order valence-electron chi connectivity index (χ2n) is 5.41.